The lowest BCUT2D eigenvalue weighted by Crippen LogP contribution is -2.49. The maximum atomic E-state index is 12.6. The number of benzene rings is 1. The lowest BCUT2D eigenvalue weighted by atomic mass is 10.1. The summed E-state index contributed by atoms with van der Waals surface area (Å²) in [6.45, 7) is 9.11. The number of hydrogen-bond donors (Lipinski definition) is 1. The Hall–Kier alpha value is -2.63. The summed E-state index contributed by atoms with van der Waals surface area (Å²) in [4.78, 5) is 25.9. The zero-order valence-electron chi connectivity index (χ0n) is 15.1. The first-order valence-corrected chi connectivity index (χ1v) is 8.69. The van der Waals surface area contributed by atoms with Crippen molar-refractivity contribution in [2.75, 3.05) is 36.8 Å². The number of rotatable bonds is 3. The van der Waals surface area contributed by atoms with Gasteiger partial charge >= 0.3 is 0 Å². The summed E-state index contributed by atoms with van der Waals surface area (Å²) in [7, 11) is 0. The number of nitrogen functional groups attached to an aromatic ring is 1. The van der Waals surface area contributed by atoms with Crippen LogP contribution in [0.15, 0.2) is 30.3 Å². The van der Waals surface area contributed by atoms with Gasteiger partial charge in [0.2, 0.25) is 0 Å². The molecule has 1 fully saturated rings. The van der Waals surface area contributed by atoms with Gasteiger partial charge in [-0.15, -0.1) is 0 Å². The summed E-state index contributed by atoms with van der Waals surface area (Å²) < 4.78 is 0. The Labute approximate surface area is 148 Å². The Morgan fingerprint density at radius 3 is 2.32 bits per heavy atom. The maximum Gasteiger partial charge on any atom is 0.253 e. The van der Waals surface area contributed by atoms with Crippen molar-refractivity contribution >= 4 is 17.4 Å². The SMILES string of the molecule is Cc1cc(N2CCN(C(=O)c3ccc(N)cc3)CC2)nc(C(C)C)n1. The largest absolute Gasteiger partial charge is 0.399 e. The molecule has 2 aromatic rings. The minimum atomic E-state index is 0.0568. The molecule has 1 aromatic heterocycles. The van der Waals surface area contributed by atoms with Gasteiger partial charge < -0.3 is 15.5 Å². The van der Waals surface area contributed by atoms with Gasteiger partial charge in [-0.1, -0.05) is 13.8 Å². The van der Waals surface area contributed by atoms with Crippen molar-refractivity contribution in [1.29, 1.82) is 0 Å². The normalized spacial score (nSPS) is 14.9. The summed E-state index contributed by atoms with van der Waals surface area (Å²) in [5.74, 6) is 2.18. The fourth-order valence-corrected chi connectivity index (χ4v) is 2.94. The van der Waals surface area contributed by atoms with Gasteiger partial charge in [0, 0.05) is 55.1 Å². The van der Waals surface area contributed by atoms with Gasteiger partial charge in [0.1, 0.15) is 11.6 Å². The average molecular weight is 339 g/mol. The molecule has 2 heterocycles. The molecule has 1 aliphatic heterocycles. The van der Waals surface area contributed by atoms with Gasteiger partial charge in [-0.3, -0.25) is 4.79 Å². The van der Waals surface area contributed by atoms with E-state index in [9.17, 15) is 4.79 Å². The van der Waals surface area contributed by atoms with Crippen molar-refractivity contribution in [1.82, 2.24) is 14.9 Å². The standard InChI is InChI=1S/C19H25N5O/c1-13(2)18-21-14(3)12-17(22-18)23-8-10-24(11-9-23)19(25)15-4-6-16(20)7-5-15/h4-7,12-13H,8-11,20H2,1-3H3. The minimum absolute atomic E-state index is 0.0568. The number of aromatic nitrogens is 2. The molecule has 0 bridgehead atoms. The van der Waals surface area contributed by atoms with Crippen LogP contribution in [0.4, 0.5) is 11.5 Å². The molecule has 1 amide bonds. The molecule has 1 saturated heterocycles. The van der Waals surface area contributed by atoms with E-state index in [0.29, 0.717) is 30.3 Å². The Morgan fingerprint density at radius 2 is 1.72 bits per heavy atom. The summed E-state index contributed by atoms with van der Waals surface area (Å²) in [6, 6.07) is 9.12. The molecule has 6 nitrogen and oxygen atoms in total. The quantitative estimate of drug-likeness (QED) is 0.870. The molecule has 0 unspecified atom stereocenters. The lowest BCUT2D eigenvalue weighted by molar-refractivity contribution is 0.0746. The van der Waals surface area contributed by atoms with E-state index < -0.39 is 0 Å². The van der Waals surface area contributed by atoms with Crippen molar-refractivity contribution in [2.45, 2.75) is 26.7 Å². The molecule has 0 spiro atoms. The van der Waals surface area contributed by atoms with E-state index in [1.54, 1.807) is 24.3 Å². The highest BCUT2D eigenvalue weighted by Crippen LogP contribution is 2.19. The van der Waals surface area contributed by atoms with Gasteiger partial charge in [-0.25, -0.2) is 9.97 Å². The van der Waals surface area contributed by atoms with E-state index >= 15 is 0 Å². The number of piperazine rings is 1. The van der Waals surface area contributed by atoms with Crippen molar-refractivity contribution in [3.63, 3.8) is 0 Å². The first-order valence-electron chi connectivity index (χ1n) is 8.69. The highest BCUT2D eigenvalue weighted by Gasteiger charge is 2.23. The maximum absolute atomic E-state index is 12.6. The fraction of sp³-hybridized carbons (Fsp3) is 0.421. The van der Waals surface area contributed by atoms with Crippen LogP contribution in [0, 0.1) is 6.92 Å². The zero-order chi connectivity index (χ0) is 18.0. The smallest absolute Gasteiger partial charge is 0.253 e. The van der Waals surface area contributed by atoms with Crippen molar-refractivity contribution in [3.8, 4) is 0 Å². The number of anilines is 2. The molecule has 132 valence electrons. The second-order valence-corrected chi connectivity index (χ2v) is 6.78. The number of nitrogens with zero attached hydrogens (tertiary/aromatic N) is 4. The van der Waals surface area contributed by atoms with E-state index in [4.69, 9.17) is 10.7 Å². The molecular formula is C19H25N5O. The van der Waals surface area contributed by atoms with Crippen LogP contribution in [0.1, 0.15) is 41.6 Å². The van der Waals surface area contributed by atoms with E-state index in [2.05, 4.69) is 23.7 Å². The summed E-state index contributed by atoms with van der Waals surface area (Å²) >= 11 is 0. The van der Waals surface area contributed by atoms with Crippen molar-refractivity contribution < 1.29 is 4.79 Å². The van der Waals surface area contributed by atoms with Gasteiger partial charge in [0.25, 0.3) is 5.91 Å². The molecule has 0 aliphatic carbocycles. The van der Waals surface area contributed by atoms with Crippen LogP contribution in [-0.4, -0.2) is 47.0 Å². The second-order valence-electron chi connectivity index (χ2n) is 6.78. The molecule has 1 aliphatic rings. The number of carbonyl (C=O) groups excluding carboxylic acids is 1. The molecule has 0 radical (unpaired) electrons. The third kappa shape index (κ3) is 3.90. The minimum Gasteiger partial charge on any atom is -0.399 e. The molecule has 0 atom stereocenters. The highest BCUT2D eigenvalue weighted by atomic mass is 16.2. The molecule has 3 rings (SSSR count). The molecule has 1 aromatic carbocycles. The predicted octanol–water partition coefficient (Wildman–Crippen LogP) is 2.45. The van der Waals surface area contributed by atoms with E-state index in [0.717, 1.165) is 30.4 Å². The highest BCUT2D eigenvalue weighted by molar-refractivity contribution is 5.94. The summed E-state index contributed by atoms with van der Waals surface area (Å²) in [5.41, 5.74) is 8.02. The Bertz CT molecular complexity index is 749. The number of nitrogens with two attached hydrogens (primary N) is 1. The topological polar surface area (TPSA) is 75.3 Å². The Morgan fingerprint density at radius 1 is 1.08 bits per heavy atom. The first kappa shape index (κ1) is 17.2. The van der Waals surface area contributed by atoms with Gasteiger partial charge in [0.15, 0.2) is 0 Å². The summed E-state index contributed by atoms with van der Waals surface area (Å²) in [6.07, 6.45) is 0. The van der Waals surface area contributed by atoms with Gasteiger partial charge in [-0.2, -0.15) is 0 Å². The zero-order valence-corrected chi connectivity index (χ0v) is 15.1. The van der Waals surface area contributed by atoms with Crippen LogP contribution in [0.25, 0.3) is 0 Å². The van der Waals surface area contributed by atoms with E-state index in [-0.39, 0.29) is 5.91 Å². The van der Waals surface area contributed by atoms with Gasteiger partial charge in [-0.05, 0) is 31.2 Å². The second kappa shape index (κ2) is 7.09. The molecule has 6 heteroatoms. The van der Waals surface area contributed by atoms with Crippen molar-refractivity contribution in [3.05, 3.63) is 47.4 Å². The van der Waals surface area contributed by atoms with Crippen LogP contribution in [0.5, 0.6) is 0 Å². The molecule has 0 saturated carbocycles. The molecular weight excluding hydrogens is 314 g/mol. The van der Waals surface area contributed by atoms with Crippen LogP contribution in [0.3, 0.4) is 0 Å². The Balaban J connectivity index is 1.67. The van der Waals surface area contributed by atoms with Crippen LogP contribution < -0.4 is 10.6 Å². The number of hydrogen-bond acceptors (Lipinski definition) is 5. The van der Waals surface area contributed by atoms with Crippen LogP contribution in [-0.2, 0) is 0 Å². The number of aryl methyl sites for hydroxylation is 1. The number of amides is 1. The molecule has 25 heavy (non-hydrogen) atoms. The Kier molecular flexibility index (Phi) is 4.88. The van der Waals surface area contributed by atoms with Crippen LogP contribution in [0.2, 0.25) is 0 Å². The fourth-order valence-electron chi connectivity index (χ4n) is 2.94. The third-order valence-corrected chi connectivity index (χ3v) is 4.42. The van der Waals surface area contributed by atoms with E-state index in [1.807, 2.05) is 17.9 Å². The first-order chi connectivity index (χ1) is 11.9. The predicted molar refractivity (Wildman–Crippen MR) is 99.8 cm³/mol. The van der Waals surface area contributed by atoms with E-state index in [1.165, 1.54) is 0 Å². The van der Waals surface area contributed by atoms with Crippen molar-refractivity contribution in [2.24, 2.45) is 0 Å². The molecule has 2 N–H and O–H groups in total. The lowest BCUT2D eigenvalue weighted by Gasteiger charge is -2.35. The third-order valence-electron chi connectivity index (χ3n) is 4.42. The summed E-state index contributed by atoms with van der Waals surface area (Å²) in [5, 5.41) is 0. The van der Waals surface area contributed by atoms with Crippen LogP contribution >= 0.6 is 0 Å². The number of carbonyl (C=O) groups is 1. The average Bonchev–Trinajstić information content (AvgIpc) is 2.61. The monoisotopic (exact) mass is 339 g/mol. The van der Waals surface area contributed by atoms with Gasteiger partial charge in [0.05, 0.1) is 0 Å².